The Morgan fingerprint density at radius 2 is 2.25 bits per heavy atom. The third-order valence-corrected chi connectivity index (χ3v) is 4.25. The first-order chi connectivity index (χ1) is 9.69. The zero-order chi connectivity index (χ0) is 14.1. The number of thiazole rings is 1. The quantitative estimate of drug-likeness (QED) is 0.744. The molecule has 0 aliphatic carbocycles. The molecule has 0 aliphatic heterocycles. The predicted molar refractivity (Wildman–Crippen MR) is 79.2 cm³/mol. The number of esters is 1. The number of anilines is 2. The average molecular weight is 327 g/mol. The zero-order valence-corrected chi connectivity index (χ0v) is 12.5. The molecule has 2 heterocycles. The van der Waals surface area contributed by atoms with Crippen molar-refractivity contribution in [3.05, 3.63) is 28.2 Å². The van der Waals surface area contributed by atoms with E-state index in [2.05, 4.69) is 23.8 Å². The number of halogens is 1. The van der Waals surface area contributed by atoms with Gasteiger partial charge in [0, 0.05) is 0 Å². The molecular formula is C11H7ClN4O2S2. The van der Waals surface area contributed by atoms with Gasteiger partial charge < -0.3 is 10.1 Å². The van der Waals surface area contributed by atoms with Crippen LogP contribution in [-0.2, 0) is 4.74 Å². The molecule has 0 amide bonds. The molecule has 9 heteroatoms. The van der Waals surface area contributed by atoms with Gasteiger partial charge in [-0.25, -0.2) is 9.78 Å². The Kier molecular flexibility index (Phi) is 3.51. The molecule has 3 aromatic rings. The van der Waals surface area contributed by atoms with E-state index in [1.54, 1.807) is 12.1 Å². The van der Waals surface area contributed by atoms with Crippen molar-refractivity contribution in [1.29, 1.82) is 0 Å². The molecule has 0 bridgehead atoms. The Bertz CT molecular complexity index is 786. The van der Waals surface area contributed by atoms with Crippen LogP contribution >= 0.6 is 34.7 Å². The first kappa shape index (κ1) is 13.2. The smallest absolute Gasteiger partial charge is 0.349 e. The van der Waals surface area contributed by atoms with Gasteiger partial charge in [-0.2, -0.15) is 8.75 Å². The van der Waals surface area contributed by atoms with Crippen LogP contribution in [-0.4, -0.2) is 26.8 Å². The van der Waals surface area contributed by atoms with E-state index in [1.807, 2.05) is 0 Å². The lowest BCUT2D eigenvalue weighted by atomic mass is 10.2. The van der Waals surface area contributed by atoms with Gasteiger partial charge in [0.1, 0.15) is 15.9 Å². The van der Waals surface area contributed by atoms with Gasteiger partial charge in [0.25, 0.3) is 0 Å². The summed E-state index contributed by atoms with van der Waals surface area (Å²) in [6.45, 7) is 0. The number of aromatic nitrogens is 3. The number of nitrogens with zero attached hydrogens (tertiary/aromatic N) is 3. The van der Waals surface area contributed by atoms with Crippen molar-refractivity contribution < 1.29 is 9.53 Å². The lowest BCUT2D eigenvalue weighted by molar-refractivity contribution is 0.0606. The van der Waals surface area contributed by atoms with Crippen molar-refractivity contribution in [2.45, 2.75) is 0 Å². The summed E-state index contributed by atoms with van der Waals surface area (Å²) in [5.74, 6) is -0.421. The van der Waals surface area contributed by atoms with E-state index in [-0.39, 0.29) is 0 Å². The van der Waals surface area contributed by atoms with Crippen LogP contribution in [0.2, 0.25) is 5.02 Å². The minimum Gasteiger partial charge on any atom is -0.465 e. The monoisotopic (exact) mass is 326 g/mol. The topological polar surface area (TPSA) is 77.0 Å². The normalized spacial score (nSPS) is 10.7. The van der Waals surface area contributed by atoms with Gasteiger partial charge in [-0.1, -0.05) is 22.9 Å². The molecule has 0 fully saturated rings. The molecule has 102 valence electrons. The Morgan fingerprint density at radius 3 is 3.05 bits per heavy atom. The number of benzene rings is 1. The molecule has 6 nitrogen and oxygen atoms in total. The summed E-state index contributed by atoms with van der Waals surface area (Å²) in [6, 6.07) is 3.54. The summed E-state index contributed by atoms with van der Waals surface area (Å²) in [4.78, 5) is 15.9. The molecule has 0 spiro atoms. The van der Waals surface area contributed by atoms with Gasteiger partial charge in [0.15, 0.2) is 5.13 Å². The maximum absolute atomic E-state index is 11.4. The summed E-state index contributed by atoms with van der Waals surface area (Å²) in [6.07, 6.45) is 1.45. The summed E-state index contributed by atoms with van der Waals surface area (Å²) in [5, 5.41) is 4.12. The van der Waals surface area contributed by atoms with Gasteiger partial charge >= 0.3 is 5.97 Å². The maximum atomic E-state index is 11.4. The fourth-order valence-corrected chi connectivity index (χ4v) is 3.06. The molecule has 1 aromatic carbocycles. The van der Waals surface area contributed by atoms with Crippen molar-refractivity contribution in [3.63, 3.8) is 0 Å². The minimum absolute atomic E-state index is 0.412. The van der Waals surface area contributed by atoms with Gasteiger partial charge in [0.2, 0.25) is 0 Å². The first-order valence-corrected chi connectivity index (χ1v) is 7.33. The van der Waals surface area contributed by atoms with E-state index in [1.165, 1.54) is 24.6 Å². The SMILES string of the molecule is COC(=O)c1cnc(Nc2c(Cl)ccc3nsnc23)s1. The highest BCUT2D eigenvalue weighted by Crippen LogP contribution is 2.33. The van der Waals surface area contributed by atoms with Crippen LogP contribution in [0.3, 0.4) is 0 Å². The number of hydrogen-bond acceptors (Lipinski definition) is 8. The van der Waals surface area contributed by atoms with Crippen LogP contribution in [0.25, 0.3) is 11.0 Å². The highest BCUT2D eigenvalue weighted by molar-refractivity contribution is 7.17. The molecular weight excluding hydrogens is 320 g/mol. The number of fused-ring (bicyclic) bond motifs is 1. The zero-order valence-electron chi connectivity index (χ0n) is 10.1. The Balaban J connectivity index is 1.97. The number of rotatable bonds is 3. The predicted octanol–water partition coefficient (Wildman–Crippen LogP) is 3.33. The highest BCUT2D eigenvalue weighted by atomic mass is 35.5. The van der Waals surface area contributed by atoms with E-state index in [9.17, 15) is 4.79 Å². The van der Waals surface area contributed by atoms with Crippen molar-refractivity contribution in [2.75, 3.05) is 12.4 Å². The van der Waals surface area contributed by atoms with Crippen LogP contribution in [0.1, 0.15) is 9.67 Å². The molecule has 0 saturated heterocycles. The second-order valence-corrected chi connectivity index (χ2v) is 5.67. The third-order valence-electron chi connectivity index (χ3n) is 2.50. The lowest BCUT2D eigenvalue weighted by Gasteiger charge is -2.05. The third kappa shape index (κ3) is 2.33. The Morgan fingerprint density at radius 1 is 1.40 bits per heavy atom. The molecule has 2 aromatic heterocycles. The van der Waals surface area contributed by atoms with Gasteiger partial charge in [-0.3, -0.25) is 0 Å². The summed E-state index contributed by atoms with van der Waals surface area (Å²) >= 11 is 8.46. The van der Waals surface area contributed by atoms with E-state index < -0.39 is 5.97 Å². The second-order valence-electron chi connectivity index (χ2n) is 3.70. The van der Waals surface area contributed by atoms with Crippen molar-refractivity contribution in [3.8, 4) is 0 Å². The van der Waals surface area contributed by atoms with E-state index in [0.717, 1.165) is 17.2 Å². The molecule has 3 rings (SSSR count). The highest BCUT2D eigenvalue weighted by Gasteiger charge is 2.14. The standard InChI is InChI=1S/C11H7ClN4O2S2/c1-18-10(17)7-4-13-11(19-7)14-8-5(12)2-3-6-9(8)16-20-15-6/h2-4H,1H3,(H,13,14). The summed E-state index contributed by atoms with van der Waals surface area (Å²) < 4.78 is 13.0. The van der Waals surface area contributed by atoms with Gasteiger partial charge in [-0.05, 0) is 12.1 Å². The maximum Gasteiger partial charge on any atom is 0.349 e. The first-order valence-electron chi connectivity index (χ1n) is 5.41. The van der Waals surface area contributed by atoms with Crippen LogP contribution in [0.15, 0.2) is 18.3 Å². The van der Waals surface area contributed by atoms with E-state index in [0.29, 0.717) is 26.2 Å². The van der Waals surface area contributed by atoms with Crippen LogP contribution in [0.5, 0.6) is 0 Å². The largest absolute Gasteiger partial charge is 0.465 e. The number of carbonyl (C=O) groups is 1. The molecule has 0 radical (unpaired) electrons. The van der Waals surface area contributed by atoms with Crippen molar-refractivity contribution >= 4 is 62.5 Å². The van der Waals surface area contributed by atoms with Crippen LogP contribution in [0.4, 0.5) is 10.8 Å². The van der Waals surface area contributed by atoms with Crippen molar-refractivity contribution in [1.82, 2.24) is 13.7 Å². The molecule has 20 heavy (non-hydrogen) atoms. The molecule has 0 atom stereocenters. The molecule has 0 aliphatic rings. The van der Waals surface area contributed by atoms with E-state index in [4.69, 9.17) is 11.6 Å². The van der Waals surface area contributed by atoms with Gasteiger partial charge in [-0.15, -0.1) is 0 Å². The molecule has 0 saturated carbocycles. The van der Waals surface area contributed by atoms with Gasteiger partial charge in [0.05, 0.1) is 35.7 Å². The van der Waals surface area contributed by atoms with E-state index >= 15 is 0 Å². The summed E-state index contributed by atoms with van der Waals surface area (Å²) in [7, 11) is 1.33. The minimum atomic E-state index is -0.421. The van der Waals surface area contributed by atoms with Crippen LogP contribution in [0, 0.1) is 0 Å². The Labute approximate surface area is 126 Å². The molecule has 0 unspecified atom stereocenters. The number of nitrogens with one attached hydrogen (secondary N) is 1. The molecule has 1 N–H and O–H groups in total. The number of carbonyl (C=O) groups excluding carboxylic acids is 1. The van der Waals surface area contributed by atoms with Crippen LogP contribution < -0.4 is 5.32 Å². The van der Waals surface area contributed by atoms with Crippen molar-refractivity contribution in [2.24, 2.45) is 0 Å². The lowest BCUT2D eigenvalue weighted by Crippen LogP contribution is -1.96. The number of methoxy groups -OCH3 is 1. The fraction of sp³-hybridized carbons (Fsp3) is 0.0909. The number of hydrogen-bond donors (Lipinski definition) is 1. The second kappa shape index (κ2) is 5.31. The summed E-state index contributed by atoms with van der Waals surface area (Å²) in [5.41, 5.74) is 2.06. The fourth-order valence-electron chi connectivity index (χ4n) is 1.58. The Hall–Kier alpha value is -1.77. The number of ether oxygens (including phenoxy) is 1. The average Bonchev–Trinajstić information content (AvgIpc) is 3.10.